The Kier molecular flexibility index (Phi) is 3.26. The molecule has 1 unspecified atom stereocenters. The van der Waals surface area contributed by atoms with Gasteiger partial charge in [0, 0.05) is 11.2 Å². The molecule has 2 rings (SSSR count). The predicted molar refractivity (Wildman–Crippen MR) is 61.7 cm³/mol. The van der Waals surface area contributed by atoms with Crippen molar-refractivity contribution >= 4 is 27.5 Å². The zero-order chi connectivity index (χ0) is 9.80. The van der Waals surface area contributed by atoms with E-state index in [4.69, 9.17) is 0 Å². The van der Waals surface area contributed by atoms with Crippen LogP contribution in [0.4, 0.5) is 0 Å². The third-order valence-electron chi connectivity index (χ3n) is 1.92. The van der Waals surface area contributed by atoms with Crippen molar-refractivity contribution < 1.29 is 0 Å². The summed E-state index contributed by atoms with van der Waals surface area (Å²) in [5, 5.41) is 1.07. The van der Waals surface area contributed by atoms with Crippen LogP contribution in [0.15, 0.2) is 36.7 Å². The van der Waals surface area contributed by atoms with E-state index >= 15 is 0 Å². The Balaban J connectivity index is 2.07. The molecule has 0 fully saturated rings. The molecule has 0 amide bonds. The molecule has 72 valence electrons. The van der Waals surface area contributed by atoms with Gasteiger partial charge in [0.05, 0.1) is 0 Å². The Bertz CT molecular complexity index is 374. The maximum atomic E-state index is 4.16. The molecule has 1 aromatic heterocycles. The summed E-state index contributed by atoms with van der Waals surface area (Å²) in [7, 11) is 0. The number of hydrogen-bond acceptors (Lipinski definition) is 3. The molecular weight excluding hydrogens is 260 g/mol. The van der Waals surface area contributed by atoms with E-state index in [1.807, 2.05) is 18.2 Å². The van der Waals surface area contributed by atoms with Crippen LogP contribution in [0.5, 0.6) is 0 Å². The molecule has 2 nitrogen and oxygen atoms in total. The molecule has 0 radical (unpaired) electrons. The molecule has 0 aliphatic heterocycles. The van der Waals surface area contributed by atoms with Crippen LogP contribution in [0, 0.1) is 0 Å². The highest BCUT2D eigenvalue weighted by Gasteiger charge is 2.09. The van der Waals surface area contributed by atoms with Crippen molar-refractivity contribution in [3.63, 3.8) is 0 Å². The van der Waals surface area contributed by atoms with E-state index in [1.54, 1.807) is 6.33 Å². The third kappa shape index (κ3) is 2.39. The minimum atomic E-state index is 0.330. The van der Waals surface area contributed by atoms with Crippen LogP contribution in [0.25, 0.3) is 0 Å². The molecular formula is C10H9BrN2S. The number of nitrogens with zero attached hydrogens (tertiary/aromatic N) is 2. The predicted octanol–water partition coefficient (Wildman–Crippen LogP) is 3.22. The Morgan fingerprint density at radius 3 is 2.71 bits per heavy atom. The monoisotopic (exact) mass is 268 g/mol. The lowest BCUT2D eigenvalue weighted by Crippen LogP contribution is -1.93. The smallest absolute Gasteiger partial charge is 0.129 e. The Labute approximate surface area is 95.3 Å². The fraction of sp³-hybridized carbons (Fsp3) is 0.200. The topological polar surface area (TPSA) is 25.8 Å². The van der Waals surface area contributed by atoms with E-state index in [1.165, 1.54) is 17.1 Å². The molecule has 1 atom stereocenters. The summed E-state index contributed by atoms with van der Waals surface area (Å²) in [4.78, 5) is 4.49. The SMILES string of the molecule is BrC(Cc1ncns1)c1ccccc1. The summed E-state index contributed by atoms with van der Waals surface area (Å²) in [6.45, 7) is 0. The molecule has 2 aromatic rings. The van der Waals surface area contributed by atoms with E-state index in [0.29, 0.717) is 4.83 Å². The molecule has 4 heteroatoms. The average molecular weight is 269 g/mol. The van der Waals surface area contributed by atoms with Gasteiger partial charge in [0.15, 0.2) is 0 Å². The van der Waals surface area contributed by atoms with Gasteiger partial charge in [-0.3, -0.25) is 0 Å². The maximum absolute atomic E-state index is 4.16. The normalized spacial score (nSPS) is 12.6. The highest BCUT2D eigenvalue weighted by molar-refractivity contribution is 9.09. The Morgan fingerprint density at radius 1 is 1.29 bits per heavy atom. The van der Waals surface area contributed by atoms with Crippen LogP contribution in [0.1, 0.15) is 15.4 Å². The van der Waals surface area contributed by atoms with Gasteiger partial charge in [-0.05, 0) is 17.1 Å². The molecule has 1 heterocycles. The van der Waals surface area contributed by atoms with Crippen molar-refractivity contribution in [3.8, 4) is 0 Å². The summed E-state index contributed by atoms with van der Waals surface area (Å²) in [6, 6.07) is 10.3. The Hall–Kier alpha value is -0.740. The third-order valence-corrected chi connectivity index (χ3v) is 3.46. The minimum absolute atomic E-state index is 0.330. The standard InChI is InChI=1S/C10H9BrN2S/c11-9(6-10-12-7-13-14-10)8-4-2-1-3-5-8/h1-5,7,9H,6H2. The molecule has 1 aromatic carbocycles. The van der Waals surface area contributed by atoms with E-state index in [0.717, 1.165) is 11.4 Å². The second-order valence-electron chi connectivity index (χ2n) is 2.92. The number of halogens is 1. The van der Waals surface area contributed by atoms with Crippen LogP contribution in [-0.4, -0.2) is 9.36 Å². The van der Waals surface area contributed by atoms with E-state index < -0.39 is 0 Å². The first-order chi connectivity index (χ1) is 6.86. The summed E-state index contributed by atoms with van der Waals surface area (Å²) in [5.74, 6) is 0. The van der Waals surface area contributed by atoms with Crippen molar-refractivity contribution in [2.24, 2.45) is 0 Å². The quantitative estimate of drug-likeness (QED) is 0.799. The van der Waals surface area contributed by atoms with Gasteiger partial charge in [-0.1, -0.05) is 46.3 Å². The lowest BCUT2D eigenvalue weighted by atomic mass is 10.1. The maximum Gasteiger partial charge on any atom is 0.129 e. The lowest BCUT2D eigenvalue weighted by molar-refractivity contribution is 0.933. The fourth-order valence-corrected chi connectivity index (χ4v) is 2.60. The van der Waals surface area contributed by atoms with Gasteiger partial charge in [-0.25, -0.2) is 4.98 Å². The van der Waals surface area contributed by atoms with Crippen molar-refractivity contribution in [1.82, 2.24) is 9.36 Å². The van der Waals surface area contributed by atoms with Gasteiger partial charge in [0.1, 0.15) is 11.3 Å². The first-order valence-corrected chi connectivity index (χ1v) is 6.00. The molecule has 0 spiro atoms. The van der Waals surface area contributed by atoms with Crippen molar-refractivity contribution in [2.75, 3.05) is 0 Å². The molecule has 14 heavy (non-hydrogen) atoms. The van der Waals surface area contributed by atoms with Gasteiger partial charge >= 0.3 is 0 Å². The molecule has 0 N–H and O–H groups in total. The summed E-state index contributed by atoms with van der Waals surface area (Å²) < 4.78 is 3.98. The second kappa shape index (κ2) is 4.66. The molecule has 0 saturated heterocycles. The number of rotatable bonds is 3. The average Bonchev–Trinajstić information content (AvgIpc) is 2.72. The van der Waals surface area contributed by atoms with E-state index in [9.17, 15) is 0 Å². The largest absolute Gasteiger partial charge is 0.228 e. The second-order valence-corrected chi connectivity index (χ2v) is 4.89. The first-order valence-electron chi connectivity index (χ1n) is 4.31. The lowest BCUT2D eigenvalue weighted by Gasteiger charge is -2.06. The first kappa shape index (κ1) is 9.80. The number of benzene rings is 1. The zero-order valence-electron chi connectivity index (χ0n) is 7.43. The summed E-state index contributed by atoms with van der Waals surface area (Å²) in [5.41, 5.74) is 1.28. The zero-order valence-corrected chi connectivity index (χ0v) is 9.83. The van der Waals surface area contributed by atoms with Gasteiger partial charge < -0.3 is 0 Å². The summed E-state index contributed by atoms with van der Waals surface area (Å²) >= 11 is 5.10. The van der Waals surface area contributed by atoms with Crippen LogP contribution >= 0.6 is 27.5 Å². The number of aromatic nitrogens is 2. The van der Waals surface area contributed by atoms with Crippen LogP contribution in [-0.2, 0) is 6.42 Å². The molecule has 0 aliphatic carbocycles. The molecule has 0 bridgehead atoms. The van der Waals surface area contributed by atoms with E-state index in [-0.39, 0.29) is 0 Å². The fourth-order valence-electron chi connectivity index (χ4n) is 1.22. The van der Waals surface area contributed by atoms with Gasteiger partial charge in [-0.15, -0.1) is 0 Å². The number of alkyl halides is 1. The summed E-state index contributed by atoms with van der Waals surface area (Å²) in [6.07, 6.45) is 2.50. The highest BCUT2D eigenvalue weighted by atomic mass is 79.9. The highest BCUT2D eigenvalue weighted by Crippen LogP contribution is 2.26. The van der Waals surface area contributed by atoms with Crippen molar-refractivity contribution in [3.05, 3.63) is 47.2 Å². The molecule has 0 saturated carbocycles. The number of hydrogen-bond donors (Lipinski definition) is 0. The van der Waals surface area contributed by atoms with Crippen LogP contribution < -0.4 is 0 Å². The van der Waals surface area contributed by atoms with Crippen LogP contribution in [0.3, 0.4) is 0 Å². The van der Waals surface area contributed by atoms with Gasteiger partial charge in [0.2, 0.25) is 0 Å². The minimum Gasteiger partial charge on any atom is -0.228 e. The van der Waals surface area contributed by atoms with Crippen molar-refractivity contribution in [1.29, 1.82) is 0 Å². The van der Waals surface area contributed by atoms with Gasteiger partial charge in [-0.2, -0.15) is 4.37 Å². The van der Waals surface area contributed by atoms with Crippen LogP contribution in [0.2, 0.25) is 0 Å². The molecule has 0 aliphatic rings. The van der Waals surface area contributed by atoms with Crippen molar-refractivity contribution in [2.45, 2.75) is 11.2 Å². The van der Waals surface area contributed by atoms with Gasteiger partial charge in [0.25, 0.3) is 0 Å². The van der Waals surface area contributed by atoms with E-state index in [2.05, 4.69) is 37.4 Å². The Morgan fingerprint density at radius 2 is 2.07 bits per heavy atom.